The molecule has 0 aromatic heterocycles. The van der Waals surface area contributed by atoms with E-state index >= 15 is 0 Å². The third-order valence-corrected chi connectivity index (χ3v) is 2.90. The van der Waals surface area contributed by atoms with Crippen LogP contribution in [0.25, 0.3) is 0 Å². The largest absolute Gasteiger partial charge is 0.496 e. The Bertz CT molecular complexity index is 388. The van der Waals surface area contributed by atoms with Crippen molar-refractivity contribution in [1.82, 2.24) is 5.32 Å². The minimum Gasteiger partial charge on any atom is -0.496 e. The van der Waals surface area contributed by atoms with E-state index in [2.05, 4.69) is 24.4 Å². The molecule has 0 aliphatic heterocycles. The third kappa shape index (κ3) is 4.78. The number of hydrogen-bond donors (Lipinski definition) is 1. The van der Waals surface area contributed by atoms with Crippen LogP contribution < -0.4 is 10.1 Å². The van der Waals surface area contributed by atoms with Crippen molar-refractivity contribution in [3.63, 3.8) is 0 Å². The van der Waals surface area contributed by atoms with Crippen molar-refractivity contribution in [1.29, 1.82) is 0 Å². The van der Waals surface area contributed by atoms with E-state index in [0.29, 0.717) is 6.42 Å². The topological polar surface area (TPSA) is 38.3 Å². The Kier molecular flexibility index (Phi) is 6.26. The highest BCUT2D eigenvalue weighted by Crippen LogP contribution is 2.19. The van der Waals surface area contributed by atoms with Crippen LogP contribution in [0.15, 0.2) is 18.2 Å². The molecule has 0 aliphatic rings. The fourth-order valence-electron chi connectivity index (χ4n) is 1.90. The number of rotatable bonds is 7. The predicted octanol–water partition coefficient (Wildman–Crippen LogP) is 2.85. The lowest BCUT2D eigenvalue weighted by molar-refractivity contribution is -0.121. The Morgan fingerprint density at radius 1 is 1.39 bits per heavy atom. The summed E-state index contributed by atoms with van der Waals surface area (Å²) in [5.41, 5.74) is 2.40. The molecule has 100 valence electrons. The number of carbonyl (C=O) groups is 1. The summed E-state index contributed by atoms with van der Waals surface area (Å²) < 4.78 is 5.22. The van der Waals surface area contributed by atoms with Crippen molar-refractivity contribution in [2.75, 3.05) is 13.7 Å². The van der Waals surface area contributed by atoms with E-state index in [1.54, 1.807) is 7.11 Å². The molecule has 0 aliphatic carbocycles. The van der Waals surface area contributed by atoms with Crippen molar-refractivity contribution in [2.45, 2.75) is 39.5 Å². The third-order valence-electron chi connectivity index (χ3n) is 2.90. The van der Waals surface area contributed by atoms with Crippen molar-refractivity contribution >= 4 is 5.91 Å². The molecule has 0 heterocycles. The molecule has 3 heteroatoms. The molecule has 1 aromatic carbocycles. The highest BCUT2D eigenvalue weighted by molar-refractivity contribution is 5.75. The first-order valence-corrected chi connectivity index (χ1v) is 6.57. The number of methoxy groups -OCH3 is 1. The minimum atomic E-state index is 0.155. The average Bonchev–Trinajstić information content (AvgIpc) is 2.36. The van der Waals surface area contributed by atoms with Gasteiger partial charge in [0.15, 0.2) is 0 Å². The summed E-state index contributed by atoms with van der Waals surface area (Å²) >= 11 is 0. The molecule has 0 radical (unpaired) electrons. The standard InChI is InChI=1S/C15H23NO2/c1-4-10-16-15(17)7-5-6-13-8-9-14(18-3)12(2)11-13/h8-9,11H,4-7,10H2,1-3H3,(H,16,17). The second-order valence-corrected chi connectivity index (χ2v) is 4.51. The normalized spacial score (nSPS) is 10.2. The molecule has 3 nitrogen and oxygen atoms in total. The van der Waals surface area contributed by atoms with Gasteiger partial charge in [-0.2, -0.15) is 0 Å². The highest BCUT2D eigenvalue weighted by Gasteiger charge is 2.02. The second-order valence-electron chi connectivity index (χ2n) is 4.51. The summed E-state index contributed by atoms with van der Waals surface area (Å²) in [5, 5.41) is 2.89. The van der Waals surface area contributed by atoms with E-state index in [4.69, 9.17) is 4.74 Å². The fraction of sp³-hybridized carbons (Fsp3) is 0.533. The Hall–Kier alpha value is -1.51. The van der Waals surface area contributed by atoms with Gasteiger partial charge >= 0.3 is 0 Å². The van der Waals surface area contributed by atoms with Crippen LogP contribution in [0.2, 0.25) is 0 Å². The van der Waals surface area contributed by atoms with Crippen molar-refractivity contribution in [3.05, 3.63) is 29.3 Å². The van der Waals surface area contributed by atoms with Gasteiger partial charge in [0.2, 0.25) is 5.91 Å². The van der Waals surface area contributed by atoms with Crippen LogP contribution in [0.3, 0.4) is 0 Å². The van der Waals surface area contributed by atoms with E-state index in [0.717, 1.165) is 37.1 Å². The summed E-state index contributed by atoms with van der Waals surface area (Å²) in [4.78, 5) is 11.4. The molecule has 0 spiro atoms. The molecule has 0 fully saturated rings. The molecule has 0 saturated heterocycles. The molecule has 18 heavy (non-hydrogen) atoms. The van der Waals surface area contributed by atoms with Crippen molar-refractivity contribution < 1.29 is 9.53 Å². The molecule has 1 aromatic rings. The summed E-state index contributed by atoms with van der Waals surface area (Å²) in [5.74, 6) is 1.07. The van der Waals surface area contributed by atoms with Crippen LogP contribution in [0.4, 0.5) is 0 Å². The van der Waals surface area contributed by atoms with Gasteiger partial charge in [-0.15, -0.1) is 0 Å². The van der Waals surface area contributed by atoms with Gasteiger partial charge in [-0.25, -0.2) is 0 Å². The molecule has 1 amide bonds. The maximum atomic E-state index is 11.4. The van der Waals surface area contributed by atoms with Gasteiger partial charge in [0.1, 0.15) is 5.75 Å². The second kappa shape index (κ2) is 7.75. The van der Waals surface area contributed by atoms with Crippen LogP contribution in [-0.4, -0.2) is 19.6 Å². The quantitative estimate of drug-likeness (QED) is 0.807. The number of amides is 1. The van der Waals surface area contributed by atoms with Gasteiger partial charge in [0, 0.05) is 13.0 Å². The zero-order valence-corrected chi connectivity index (χ0v) is 11.6. The lowest BCUT2D eigenvalue weighted by Gasteiger charge is -2.07. The van der Waals surface area contributed by atoms with Crippen molar-refractivity contribution in [3.8, 4) is 5.75 Å². The molecule has 0 saturated carbocycles. The van der Waals surface area contributed by atoms with E-state index in [9.17, 15) is 4.79 Å². The minimum absolute atomic E-state index is 0.155. The van der Waals surface area contributed by atoms with Crippen LogP contribution >= 0.6 is 0 Å². The Labute approximate surface area is 110 Å². The average molecular weight is 249 g/mol. The van der Waals surface area contributed by atoms with E-state index in [1.807, 2.05) is 13.0 Å². The Morgan fingerprint density at radius 3 is 2.78 bits per heavy atom. The monoisotopic (exact) mass is 249 g/mol. The lowest BCUT2D eigenvalue weighted by atomic mass is 10.0. The number of benzene rings is 1. The number of aryl methyl sites for hydroxylation is 2. The first-order chi connectivity index (χ1) is 8.67. The van der Waals surface area contributed by atoms with Gasteiger partial charge in [-0.1, -0.05) is 19.1 Å². The molecule has 1 N–H and O–H groups in total. The number of hydrogen-bond acceptors (Lipinski definition) is 2. The summed E-state index contributed by atoms with van der Waals surface area (Å²) in [6.45, 7) is 4.87. The zero-order valence-electron chi connectivity index (χ0n) is 11.6. The van der Waals surface area contributed by atoms with Crippen LogP contribution in [0.1, 0.15) is 37.3 Å². The fourth-order valence-corrected chi connectivity index (χ4v) is 1.90. The number of ether oxygens (including phenoxy) is 1. The van der Waals surface area contributed by atoms with Crippen LogP contribution in [0, 0.1) is 6.92 Å². The first kappa shape index (κ1) is 14.6. The van der Waals surface area contributed by atoms with Gasteiger partial charge in [0.25, 0.3) is 0 Å². The van der Waals surface area contributed by atoms with E-state index < -0.39 is 0 Å². The summed E-state index contributed by atoms with van der Waals surface area (Å²) in [6.07, 6.45) is 3.42. The molecule has 0 atom stereocenters. The van der Waals surface area contributed by atoms with Crippen LogP contribution in [-0.2, 0) is 11.2 Å². The maximum Gasteiger partial charge on any atom is 0.220 e. The zero-order chi connectivity index (χ0) is 13.4. The molecule has 1 rings (SSSR count). The van der Waals surface area contributed by atoms with Gasteiger partial charge < -0.3 is 10.1 Å². The molecular formula is C15H23NO2. The first-order valence-electron chi connectivity index (χ1n) is 6.57. The summed E-state index contributed by atoms with van der Waals surface area (Å²) in [6, 6.07) is 6.18. The SMILES string of the molecule is CCCNC(=O)CCCc1ccc(OC)c(C)c1. The highest BCUT2D eigenvalue weighted by atomic mass is 16.5. The molecular weight excluding hydrogens is 226 g/mol. The Morgan fingerprint density at radius 2 is 2.17 bits per heavy atom. The van der Waals surface area contributed by atoms with Gasteiger partial charge in [0.05, 0.1) is 7.11 Å². The predicted molar refractivity (Wildman–Crippen MR) is 74.0 cm³/mol. The van der Waals surface area contributed by atoms with E-state index in [1.165, 1.54) is 5.56 Å². The Balaban J connectivity index is 2.35. The maximum absolute atomic E-state index is 11.4. The van der Waals surface area contributed by atoms with Gasteiger partial charge in [-0.3, -0.25) is 4.79 Å². The lowest BCUT2D eigenvalue weighted by Crippen LogP contribution is -2.23. The molecule has 0 bridgehead atoms. The summed E-state index contributed by atoms with van der Waals surface area (Å²) in [7, 11) is 1.68. The van der Waals surface area contributed by atoms with Crippen LogP contribution in [0.5, 0.6) is 5.75 Å². The molecule has 0 unspecified atom stereocenters. The van der Waals surface area contributed by atoms with Crippen molar-refractivity contribution in [2.24, 2.45) is 0 Å². The number of nitrogens with one attached hydrogen (secondary N) is 1. The van der Waals surface area contributed by atoms with E-state index in [-0.39, 0.29) is 5.91 Å². The van der Waals surface area contributed by atoms with Gasteiger partial charge in [-0.05, 0) is 43.4 Å². The smallest absolute Gasteiger partial charge is 0.220 e. The number of carbonyl (C=O) groups excluding carboxylic acids is 1.